The fourth-order valence-electron chi connectivity index (χ4n) is 1.92. The summed E-state index contributed by atoms with van der Waals surface area (Å²) in [6, 6.07) is 10.6. The zero-order valence-electron chi connectivity index (χ0n) is 14.0. The molecule has 1 N–H and O–H groups in total. The predicted octanol–water partition coefficient (Wildman–Crippen LogP) is 6.57. The van der Waals surface area contributed by atoms with Crippen LogP contribution in [0.5, 0.6) is 11.5 Å². The first-order valence-corrected chi connectivity index (χ1v) is 9.07. The van der Waals surface area contributed by atoms with Gasteiger partial charge in [-0.2, -0.15) is 0 Å². The molecule has 25 heavy (non-hydrogen) atoms. The fraction of sp³-hybridized carbons (Fsp3) is 0.278. The van der Waals surface area contributed by atoms with Gasteiger partial charge in [-0.05, 0) is 45.0 Å². The second-order valence-corrected chi connectivity index (χ2v) is 8.02. The number of nitrogens with one attached hydrogen (secondary N) is 1. The molecular weight excluding hydrogens is 429 g/mol. The molecule has 0 unspecified atom stereocenters. The highest BCUT2D eigenvalue weighted by Gasteiger charge is 2.16. The Morgan fingerprint density at radius 3 is 2.48 bits per heavy atom. The van der Waals surface area contributed by atoms with Gasteiger partial charge < -0.3 is 14.8 Å². The number of carbonyl (C=O) groups is 1. The van der Waals surface area contributed by atoms with Gasteiger partial charge >= 0.3 is 6.09 Å². The normalized spacial score (nSPS) is 11.1. The second kappa shape index (κ2) is 8.30. The lowest BCUT2D eigenvalue weighted by molar-refractivity contribution is 0.0523. The maximum atomic E-state index is 11.8. The van der Waals surface area contributed by atoms with Crippen molar-refractivity contribution in [1.29, 1.82) is 0 Å². The number of amides is 1. The predicted molar refractivity (Wildman–Crippen MR) is 104 cm³/mol. The first-order chi connectivity index (χ1) is 11.6. The zero-order chi connectivity index (χ0) is 18.6. The minimum absolute atomic E-state index is 0.263. The van der Waals surface area contributed by atoms with E-state index in [2.05, 4.69) is 21.2 Å². The van der Waals surface area contributed by atoms with E-state index in [1.54, 1.807) is 18.2 Å². The average molecular weight is 447 g/mol. The Labute approximate surface area is 165 Å². The number of carbonyl (C=O) groups excluding carboxylic acids is 1. The highest BCUT2D eigenvalue weighted by molar-refractivity contribution is 9.10. The summed E-state index contributed by atoms with van der Waals surface area (Å²) >= 11 is 15.4. The maximum absolute atomic E-state index is 11.8. The molecule has 0 aliphatic carbocycles. The Kier molecular flexibility index (Phi) is 6.60. The first kappa shape index (κ1) is 19.9. The SMILES string of the molecule is CC(C)(C)OC(=O)NCc1ccc(Br)cc1Oc1ccc(Cl)c(Cl)c1. The summed E-state index contributed by atoms with van der Waals surface area (Å²) in [6.45, 7) is 5.69. The smallest absolute Gasteiger partial charge is 0.407 e. The van der Waals surface area contributed by atoms with Gasteiger partial charge in [-0.25, -0.2) is 4.79 Å². The highest BCUT2D eigenvalue weighted by Crippen LogP contribution is 2.32. The molecule has 0 aliphatic rings. The molecule has 0 radical (unpaired) electrons. The van der Waals surface area contributed by atoms with E-state index in [9.17, 15) is 4.79 Å². The Hall–Kier alpha value is -1.43. The van der Waals surface area contributed by atoms with Crippen LogP contribution in [-0.4, -0.2) is 11.7 Å². The molecule has 0 spiro atoms. The minimum Gasteiger partial charge on any atom is -0.457 e. The highest BCUT2D eigenvalue weighted by atomic mass is 79.9. The van der Waals surface area contributed by atoms with Crippen LogP contribution in [0, 0.1) is 0 Å². The maximum Gasteiger partial charge on any atom is 0.407 e. The van der Waals surface area contributed by atoms with E-state index in [0.717, 1.165) is 10.0 Å². The second-order valence-electron chi connectivity index (χ2n) is 6.29. The van der Waals surface area contributed by atoms with E-state index in [4.69, 9.17) is 32.7 Å². The number of hydrogen-bond acceptors (Lipinski definition) is 3. The molecule has 0 fully saturated rings. The van der Waals surface area contributed by atoms with Crippen LogP contribution in [0.15, 0.2) is 40.9 Å². The third-order valence-corrected chi connectivity index (χ3v) is 4.20. The molecule has 0 saturated heterocycles. The number of rotatable bonds is 4. The molecule has 0 aromatic heterocycles. The molecule has 2 aromatic rings. The van der Waals surface area contributed by atoms with Crippen LogP contribution in [0.3, 0.4) is 0 Å². The lowest BCUT2D eigenvalue weighted by Crippen LogP contribution is -2.32. The van der Waals surface area contributed by atoms with Crippen molar-refractivity contribution in [2.24, 2.45) is 0 Å². The molecule has 7 heteroatoms. The van der Waals surface area contributed by atoms with Crippen molar-refractivity contribution in [3.8, 4) is 11.5 Å². The Bertz CT molecular complexity index is 775. The molecule has 2 aromatic carbocycles. The van der Waals surface area contributed by atoms with Crippen LogP contribution in [-0.2, 0) is 11.3 Å². The molecule has 0 heterocycles. The third-order valence-electron chi connectivity index (χ3n) is 2.97. The molecule has 2 rings (SSSR count). The fourth-order valence-corrected chi connectivity index (χ4v) is 2.55. The van der Waals surface area contributed by atoms with Crippen molar-refractivity contribution in [1.82, 2.24) is 5.32 Å². The lowest BCUT2D eigenvalue weighted by atomic mass is 10.2. The van der Waals surface area contributed by atoms with Crippen molar-refractivity contribution < 1.29 is 14.3 Å². The topological polar surface area (TPSA) is 47.6 Å². The zero-order valence-corrected chi connectivity index (χ0v) is 17.1. The number of benzene rings is 2. The van der Waals surface area contributed by atoms with Gasteiger partial charge in [0.1, 0.15) is 17.1 Å². The van der Waals surface area contributed by atoms with Crippen LogP contribution < -0.4 is 10.1 Å². The minimum atomic E-state index is -0.552. The average Bonchev–Trinajstić information content (AvgIpc) is 2.48. The van der Waals surface area contributed by atoms with Crippen molar-refractivity contribution in [2.45, 2.75) is 32.9 Å². The van der Waals surface area contributed by atoms with E-state index in [1.807, 2.05) is 39.0 Å². The monoisotopic (exact) mass is 445 g/mol. The van der Waals surface area contributed by atoms with Gasteiger partial charge in [0.2, 0.25) is 0 Å². The molecule has 0 aliphatic heterocycles. The van der Waals surface area contributed by atoms with E-state index < -0.39 is 11.7 Å². The molecule has 0 saturated carbocycles. The number of halogens is 3. The quantitative estimate of drug-likeness (QED) is 0.577. The molecule has 0 atom stereocenters. The molecule has 1 amide bonds. The van der Waals surface area contributed by atoms with E-state index in [0.29, 0.717) is 21.5 Å². The Morgan fingerprint density at radius 1 is 1.12 bits per heavy atom. The number of ether oxygens (including phenoxy) is 2. The summed E-state index contributed by atoms with van der Waals surface area (Å²) < 4.78 is 12.0. The molecular formula is C18H18BrCl2NO3. The summed E-state index contributed by atoms with van der Waals surface area (Å²) in [7, 11) is 0. The Morgan fingerprint density at radius 2 is 1.84 bits per heavy atom. The summed E-state index contributed by atoms with van der Waals surface area (Å²) in [5, 5.41) is 3.58. The standard InChI is InChI=1S/C18H18BrCl2NO3/c1-18(2,3)25-17(23)22-10-11-4-5-12(19)8-16(11)24-13-6-7-14(20)15(21)9-13/h4-9H,10H2,1-3H3,(H,22,23). The van der Waals surface area contributed by atoms with Crippen molar-refractivity contribution in [2.75, 3.05) is 0 Å². The van der Waals surface area contributed by atoms with Gasteiger partial charge in [0.05, 0.1) is 10.0 Å². The van der Waals surface area contributed by atoms with Gasteiger partial charge in [-0.1, -0.05) is 45.2 Å². The van der Waals surface area contributed by atoms with Gasteiger partial charge in [-0.15, -0.1) is 0 Å². The van der Waals surface area contributed by atoms with Gasteiger partial charge in [0, 0.05) is 22.6 Å². The Balaban J connectivity index is 2.14. The van der Waals surface area contributed by atoms with Gasteiger partial charge in [0.15, 0.2) is 0 Å². The molecule has 4 nitrogen and oxygen atoms in total. The van der Waals surface area contributed by atoms with Crippen LogP contribution in [0.4, 0.5) is 4.79 Å². The third kappa shape index (κ3) is 6.42. The number of alkyl carbamates (subject to hydrolysis) is 1. The summed E-state index contributed by atoms with van der Waals surface area (Å²) in [5.74, 6) is 1.13. The van der Waals surface area contributed by atoms with E-state index in [-0.39, 0.29) is 6.54 Å². The molecule has 0 bridgehead atoms. The van der Waals surface area contributed by atoms with Crippen LogP contribution in [0.1, 0.15) is 26.3 Å². The van der Waals surface area contributed by atoms with Crippen molar-refractivity contribution >= 4 is 45.2 Å². The van der Waals surface area contributed by atoms with E-state index >= 15 is 0 Å². The van der Waals surface area contributed by atoms with Gasteiger partial charge in [0.25, 0.3) is 0 Å². The first-order valence-electron chi connectivity index (χ1n) is 7.52. The molecule has 134 valence electrons. The van der Waals surface area contributed by atoms with E-state index in [1.165, 1.54) is 0 Å². The van der Waals surface area contributed by atoms with Crippen molar-refractivity contribution in [3.63, 3.8) is 0 Å². The summed E-state index contributed by atoms with van der Waals surface area (Å²) in [6.07, 6.45) is -0.490. The summed E-state index contributed by atoms with van der Waals surface area (Å²) in [5.41, 5.74) is 0.239. The summed E-state index contributed by atoms with van der Waals surface area (Å²) in [4.78, 5) is 11.8. The van der Waals surface area contributed by atoms with Gasteiger partial charge in [-0.3, -0.25) is 0 Å². The van der Waals surface area contributed by atoms with Crippen LogP contribution >= 0.6 is 39.1 Å². The van der Waals surface area contributed by atoms with Crippen LogP contribution in [0.25, 0.3) is 0 Å². The van der Waals surface area contributed by atoms with Crippen molar-refractivity contribution in [3.05, 3.63) is 56.5 Å². The number of hydrogen-bond donors (Lipinski definition) is 1. The lowest BCUT2D eigenvalue weighted by Gasteiger charge is -2.20. The van der Waals surface area contributed by atoms with Crippen LogP contribution in [0.2, 0.25) is 10.0 Å². The largest absolute Gasteiger partial charge is 0.457 e.